The molecule has 2 aromatic heterocycles. The summed E-state index contributed by atoms with van der Waals surface area (Å²) in [6.07, 6.45) is 7.16. The van der Waals surface area contributed by atoms with Gasteiger partial charge in [-0.1, -0.05) is 66.2 Å². The number of ether oxygens (including phenoxy) is 1. The molecule has 0 spiro atoms. The molecular formula is C32H33ClN4O3. The molecule has 5 rings (SSSR count). The molecule has 8 heteroatoms. The molecule has 3 N–H and O–H groups in total. The number of hydrogen-bond donors (Lipinski definition) is 2. The summed E-state index contributed by atoms with van der Waals surface area (Å²) in [5.74, 6) is -0.548. The lowest BCUT2D eigenvalue weighted by Crippen LogP contribution is -2.52. The van der Waals surface area contributed by atoms with Crippen molar-refractivity contribution in [2.75, 3.05) is 0 Å². The second kappa shape index (κ2) is 10.5. The molecule has 0 aliphatic heterocycles. The zero-order valence-electron chi connectivity index (χ0n) is 23.1. The van der Waals surface area contributed by atoms with Crippen LogP contribution in [0.5, 0.6) is 0 Å². The third-order valence-corrected chi connectivity index (χ3v) is 7.66. The molecule has 1 fully saturated rings. The van der Waals surface area contributed by atoms with Crippen LogP contribution in [0.25, 0.3) is 34.2 Å². The number of alkyl carbamates (subject to hydrolysis) is 1. The number of carbonyl (C=O) groups excluding carboxylic acids is 2. The Morgan fingerprint density at radius 2 is 1.75 bits per heavy atom. The fraction of sp³-hybridized carbons (Fsp3) is 0.281. The van der Waals surface area contributed by atoms with Crippen molar-refractivity contribution >= 4 is 35.3 Å². The van der Waals surface area contributed by atoms with Gasteiger partial charge in [-0.2, -0.15) is 0 Å². The van der Waals surface area contributed by atoms with Crippen LogP contribution >= 0.6 is 11.6 Å². The van der Waals surface area contributed by atoms with E-state index in [9.17, 15) is 9.59 Å². The first-order valence-electron chi connectivity index (χ1n) is 13.3. The van der Waals surface area contributed by atoms with E-state index in [0.717, 1.165) is 58.5 Å². The highest BCUT2D eigenvalue weighted by atomic mass is 35.5. The number of nitrogens with one attached hydrogen (secondary N) is 1. The molecule has 0 radical (unpaired) electrons. The lowest BCUT2D eigenvalue weighted by molar-refractivity contribution is -0.113. The van der Waals surface area contributed by atoms with Gasteiger partial charge in [-0.25, -0.2) is 9.78 Å². The minimum atomic E-state index is -0.567. The Bertz CT molecular complexity index is 1610. The van der Waals surface area contributed by atoms with Gasteiger partial charge in [0.05, 0.1) is 21.9 Å². The highest BCUT2D eigenvalue weighted by molar-refractivity contribution is 6.31. The zero-order chi connectivity index (χ0) is 28.7. The highest BCUT2D eigenvalue weighted by Crippen LogP contribution is 2.43. The molecule has 1 aliphatic rings. The average Bonchev–Trinajstić information content (AvgIpc) is 3.25. The van der Waals surface area contributed by atoms with E-state index in [1.165, 1.54) is 6.08 Å². The van der Waals surface area contributed by atoms with E-state index in [1.807, 2.05) is 80.8 Å². The molecule has 0 unspecified atom stereocenters. The summed E-state index contributed by atoms with van der Waals surface area (Å²) < 4.78 is 7.50. The molecule has 0 atom stereocenters. The maximum absolute atomic E-state index is 12.6. The molecule has 4 aromatic rings. The summed E-state index contributed by atoms with van der Waals surface area (Å²) in [6, 6.07) is 18.2. The van der Waals surface area contributed by atoms with Gasteiger partial charge in [0.2, 0.25) is 5.91 Å². The smallest absolute Gasteiger partial charge is 0.408 e. The standard InChI is InChI=1S/C32H33ClN4O3/c1-20-24(15-16-26(34)38)29-35-27(28(37(29)19-25(20)33)22-9-6-5-7-10-22)21-11-13-23(14-12-21)32(17-8-18-32)36-30(39)40-31(2,3)4/h5-7,9-16,19H,8,17-18H2,1-4H3,(H2,34,38)(H,36,39)/b16-15+. The number of rotatable bonds is 6. The summed E-state index contributed by atoms with van der Waals surface area (Å²) in [6.45, 7) is 7.47. The van der Waals surface area contributed by atoms with E-state index in [1.54, 1.807) is 6.08 Å². The lowest BCUT2D eigenvalue weighted by Gasteiger charge is -2.43. The molecule has 2 amide bonds. The Hall–Kier alpha value is -4.10. The van der Waals surface area contributed by atoms with Crippen LogP contribution in [0.15, 0.2) is 66.9 Å². The normalized spacial score (nSPS) is 14.7. The Kier molecular flexibility index (Phi) is 7.19. The van der Waals surface area contributed by atoms with Gasteiger partial charge >= 0.3 is 6.09 Å². The van der Waals surface area contributed by atoms with Crippen molar-refractivity contribution in [3.8, 4) is 22.5 Å². The Balaban J connectivity index is 1.61. The van der Waals surface area contributed by atoms with Crippen LogP contribution in [-0.2, 0) is 15.1 Å². The topological polar surface area (TPSA) is 98.7 Å². The van der Waals surface area contributed by atoms with E-state index >= 15 is 0 Å². The number of fused-ring (bicyclic) bond motifs is 1. The number of benzene rings is 2. The third-order valence-electron chi connectivity index (χ3n) is 7.28. The number of hydrogen-bond acceptors (Lipinski definition) is 4. The van der Waals surface area contributed by atoms with E-state index in [4.69, 9.17) is 27.1 Å². The van der Waals surface area contributed by atoms with Gasteiger partial charge in [-0.3, -0.25) is 9.20 Å². The molecule has 7 nitrogen and oxygen atoms in total. The lowest BCUT2D eigenvalue weighted by atomic mass is 9.71. The van der Waals surface area contributed by atoms with Gasteiger partial charge in [0.15, 0.2) is 0 Å². The Labute approximate surface area is 239 Å². The van der Waals surface area contributed by atoms with Crippen molar-refractivity contribution in [2.24, 2.45) is 5.73 Å². The number of amides is 2. The second-order valence-corrected chi connectivity index (χ2v) is 11.7. The Morgan fingerprint density at radius 3 is 2.33 bits per heavy atom. The van der Waals surface area contributed by atoms with Gasteiger partial charge in [-0.15, -0.1) is 0 Å². The summed E-state index contributed by atoms with van der Waals surface area (Å²) >= 11 is 6.65. The monoisotopic (exact) mass is 556 g/mol. The van der Waals surface area contributed by atoms with E-state index in [2.05, 4.69) is 17.4 Å². The number of imidazole rings is 1. The van der Waals surface area contributed by atoms with Crippen molar-refractivity contribution in [3.05, 3.63) is 88.6 Å². The number of carbonyl (C=O) groups is 2. The maximum Gasteiger partial charge on any atom is 0.408 e. The van der Waals surface area contributed by atoms with Gasteiger partial charge in [0.1, 0.15) is 11.2 Å². The van der Waals surface area contributed by atoms with Crippen LogP contribution in [0.4, 0.5) is 4.79 Å². The zero-order valence-corrected chi connectivity index (χ0v) is 23.9. The predicted molar refractivity (Wildman–Crippen MR) is 159 cm³/mol. The molecule has 2 aromatic carbocycles. The first kappa shape index (κ1) is 27.5. The van der Waals surface area contributed by atoms with Crippen LogP contribution in [-0.4, -0.2) is 27.0 Å². The van der Waals surface area contributed by atoms with Gasteiger partial charge in [0.25, 0.3) is 0 Å². The van der Waals surface area contributed by atoms with Crippen molar-refractivity contribution in [3.63, 3.8) is 0 Å². The molecule has 1 saturated carbocycles. The van der Waals surface area contributed by atoms with Crippen molar-refractivity contribution in [1.82, 2.24) is 14.7 Å². The fourth-order valence-corrected chi connectivity index (χ4v) is 5.35. The first-order chi connectivity index (χ1) is 19.0. The fourth-order valence-electron chi connectivity index (χ4n) is 5.16. The third kappa shape index (κ3) is 5.34. The molecule has 0 bridgehead atoms. The van der Waals surface area contributed by atoms with Crippen molar-refractivity contribution in [2.45, 2.75) is 58.1 Å². The van der Waals surface area contributed by atoms with Gasteiger partial charge in [-0.05, 0) is 64.2 Å². The maximum atomic E-state index is 12.6. The van der Waals surface area contributed by atoms with E-state index in [-0.39, 0.29) is 0 Å². The summed E-state index contributed by atoms with van der Waals surface area (Å²) in [5, 5.41) is 3.67. The largest absolute Gasteiger partial charge is 0.444 e. The summed E-state index contributed by atoms with van der Waals surface area (Å²) in [5.41, 5.74) is 11.1. The number of primary amides is 1. The highest BCUT2D eigenvalue weighted by Gasteiger charge is 2.41. The number of halogens is 1. The molecule has 0 saturated heterocycles. The molecular weight excluding hydrogens is 524 g/mol. The van der Waals surface area contributed by atoms with Crippen LogP contribution in [0, 0.1) is 6.92 Å². The summed E-state index contributed by atoms with van der Waals surface area (Å²) in [7, 11) is 0. The molecule has 2 heterocycles. The molecule has 206 valence electrons. The quantitative estimate of drug-likeness (QED) is 0.249. The van der Waals surface area contributed by atoms with Crippen LogP contribution in [0.3, 0.4) is 0 Å². The van der Waals surface area contributed by atoms with E-state index in [0.29, 0.717) is 10.7 Å². The number of pyridine rings is 1. The SMILES string of the molecule is Cc1c(Cl)cn2c(-c3ccccc3)c(-c3ccc(C4(NC(=O)OC(C)(C)C)CCC4)cc3)nc2c1/C=C/C(N)=O. The van der Waals surface area contributed by atoms with Crippen molar-refractivity contribution in [1.29, 1.82) is 0 Å². The average molecular weight is 557 g/mol. The van der Waals surface area contributed by atoms with Crippen LogP contribution in [0.1, 0.15) is 56.7 Å². The molecule has 40 heavy (non-hydrogen) atoms. The summed E-state index contributed by atoms with van der Waals surface area (Å²) in [4.78, 5) is 29.2. The first-order valence-corrected chi connectivity index (χ1v) is 13.7. The van der Waals surface area contributed by atoms with Crippen molar-refractivity contribution < 1.29 is 14.3 Å². The van der Waals surface area contributed by atoms with Crippen LogP contribution in [0.2, 0.25) is 5.02 Å². The number of nitrogens with two attached hydrogens (primary N) is 1. The van der Waals surface area contributed by atoms with Crippen LogP contribution < -0.4 is 11.1 Å². The number of aromatic nitrogens is 2. The number of nitrogens with zero attached hydrogens (tertiary/aromatic N) is 2. The van der Waals surface area contributed by atoms with Gasteiger partial charge < -0.3 is 15.8 Å². The minimum absolute atomic E-state index is 0.410. The minimum Gasteiger partial charge on any atom is -0.444 e. The second-order valence-electron chi connectivity index (χ2n) is 11.3. The van der Waals surface area contributed by atoms with Gasteiger partial charge in [0, 0.05) is 29.0 Å². The predicted octanol–water partition coefficient (Wildman–Crippen LogP) is 7.03. The van der Waals surface area contributed by atoms with E-state index < -0.39 is 23.1 Å². The molecule has 1 aliphatic carbocycles. The Morgan fingerprint density at radius 1 is 1.07 bits per heavy atom.